The van der Waals surface area contributed by atoms with Gasteiger partial charge in [-0.25, -0.2) is 4.98 Å². The van der Waals surface area contributed by atoms with Crippen LogP contribution < -0.4 is 5.32 Å². The second kappa shape index (κ2) is 9.42. The number of nitrogens with zero attached hydrogens (tertiary/aromatic N) is 2. The number of anilines is 1. The zero-order chi connectivity index (χ0) is 19.1. The first-order valence-corrected chi connectivity index (χ1v) is 10.4. The van der Waals surface area contributed by atoms with Crippen molar-refractivity contribution < 1.29 is 4.79 Å². The van der Waals surface area contributed by atoms with Crippen LogP contribution in [0.3, 0.4) is 0 Å². The molecule has 0 spiro atoms. The average molecular weight is 380 g/mol. The molecule has 0 saturated heterocycles. The minimum atomic E-state index is 0.0834. The van der Waals surface area contributed by atoms with Crippen molar-refractivity contribution in [1.29, 1.82) is 0 Å². The molecule has 0 aliphatic rings. The van der Waals surface area contributed by atoms with Gasteiger partial charge in [0, 0.05) is 40.5 Å². The Morgan fingerprint density at radius 3 is 2.59 bits per heavy atom. The van der Waals surface area contributed by atoms with Crippen molar-refractivity contribution in [1.82, 2.24) is 9.97 Å². The average Bonchev–Trinajstić information content (AvgIpc) is 3.19. The van der Waals surface area contributed by atoms with E-state index in [2.05, 4.69) is 24.1 Å². The van der Waals surface area contributed by atoms with Crippen LogP contribution in [-0.4, -0.2) is 15.9 Å². The number of benzene rings is 1. The maximum absolute atomic E-state index is 12.6. The van der Waals surface area contributed by atoms with Crippen molar-refractivity contribution in [2.45, 2.75) is 39.5 Å². The SMILES string of the molecule is CCCC(CCC)C(=O)Nc1cccc(-c2csc(-c3cccnc3)n2)c1. The quantitative estimate of drug-likeness (QED) is 0.520. The molecule has 27 heavy (non-hydrogen) atoms. The Morgan fingerprint density at radius 2 is 1.89 bits per heavy atom. The zero-order valence-corrected chi connectivity index (χ0v) is 16.6. The molecule has 0 unspecified atom stereocenters. The van der Waals surface area contributed by atoms with Crippen LogP contribution in [0.2, 0.25) is 0 Å². The molecule has 0 atom stereocenters. The molecule has 0 fully saturated rings. The van der Waals surface area contributed by atoms with Gasteiger partial charge in [-0.1, -0.05) is 38.8 Å². The first kappa shape index (κ1) is 19.2. The Kier molecular flexibility index (Phi) is 6.71. The predicted octanol–water partition coefficient (Wildman–Crippen LogP) is 6.03. The smallest absolute Gasteiger partial charge is 0.227 e. The van der Waals surface area contributed by atoms with Gasteiger partial charge in [-0.3, -0.25) is 9.78 Å². The molecule has 0 aliphatic heterocycles. The molecule has 0 saturated carbocycles. The zero-order valence-electron chi connectivity index (χ0n) is 15.8. The van der Waals surface area contributed by atoms with Crippen LogP contribution >= 0.6 is 11.3 Å². The van der Waals surface area contributed by atoms with Crippen LogP contribution in [0.25, 0.3) is 21.8 Å². The molecule has 1 aromatic carbocycles. The van der Waals surface area contributed by atoms with E-state index in [9.17, 15) is 4.79 Å². The Labute approximate surface area is 164 Å². The maximum Gasteiger partial charge on any atom is 0.227 e. The van der Waals surface area contributed by atoms with Crippen LogP contribution in [0, 0.1) is 5.92 Å². The van der Waals surface area contributed by atoms with E-state index >= 15 is 0 Å². The van der Waals surface area contributed by atoms with E-state index in [1.807, 2.05) is 48.0 Å². The largest absolute Gasteiger partial charge is 0.326 e. The summed E-state index contributed by atoms with van der Waals surface area (Å²) in [6.45, 7) is 4.25. The third-order valence-corrected chi connectivity index (χ3v) is 5.37. The van der Waals surface area contributed by atoms with Crippen LogP contribution in [0.15, 0.2) is 54.2 Å². The highest BCUT2D eigenvalue weighted by Gasteiger charge is 2.17. The minimum absolute atomic E-state index is 0.0834. The molecule has 3 aromatic rings. The van der Waals surface area contributed by atoms with Crippen LogP contribution in [0.1, 0.15) is 39.5 Å². The lowest BCUT2D eigenvalue weighted by molar-refractivity contribution is -0.120. The molecule has 1 N–H and O–H groups in total. The van der Waals surface area contributed by atoms with Gasteiger partial charge in [-0.2, -0.15) is 0 Å². The lowest BCUT2D eigenvalue weighted by Crippen LogP contribution is -2.22. The highest BCUT2D eigenvalue weighted by Crippen LogP contribution is 2.29. The minimum Gasteiger partial charge on any atom is -0.326 e. The fourth-order valence-electron chi connectivity index (χ4n) is 3.13. The lowest BCUT2D eigenvalue weighted by Gasteiger charge is -2.15. The Morgan fingerprint density at radius 1 is 1.11 bits per heavy atom. The molecule has 0 aliphatic carbocycles. The number of nitrogens with one attached hydrogen (secondary N) is 1. The summed E-state index contributed by atoms with van der Waals surface area (Å²) in [5.41, 5.74) is 3.75. The molecule has 4 nitrogen and oxygen atoms in total. The number of rotatable bonds is 8. The lowest BCUT2D eigenvalue weighted by atomic mass is 9.97. The molecule has 2 aromatic heterocycles. The second-order valence-corrected chi connectivity index (χ2v) is 7.48. The van der Waals surface area contributed by atoms with Gasteiger partial charge in [-0.05, 0) is 37.1 Å². The number of aromatic nitrogens is 2. The van der Waals surface area contributed by atoms with Gasteiger partial charge >= 0.3 is 0 Å². The van der Waals surface area contributed by atoms with Crippen molar-refractivity contribution in [2.24, 2.45) is 5.92 Å². The summed E-state index contributed by atoms with van der Waals surface area (Å²) in [7, 11) is 0. The number of carbonyl (C=O) groups excluding carboxylic acids is 1. The monoisotopic (exact) mass is 379 g/mol. The van der Waals surface area contributed by atoms with Crippen molar-refractivity contribution in [3.8, 4) is 21.8 Å². The molecule has 0 radical (unpaired) electrons. The summed E-state index contributed by atoms with van der Waals surface area (Å²) in [5, 5.41) is 6.07. The molecule has 140 valence electrons. The van der Waals surface area contributed by atoms with E-state index < -0.39 is 0 Å². The Bertz CT molecular complexity index is 870. The first-order valence-electron chi connectivity index (χ1n) is 9.48. The Balaban J connectivity index is 1.76. The first-order chi connectivity index (χ1) is 13.2. The number of thiazole rings is 1. The van der Waals surface area contributed by atoms with Gasteiger partial charge in [0.05, 0.1) is 5.69 Å². The predicted molar refractivity (Wildman–Crippen MR) is 113 cm³/mol. The summed E-state index contributed by atoms with van der Waals surface area (Å²) >= 11 is 1.60. The maximum atomic E-state index is 12.6. The van der Waals surface area contributed by atoms with Crippen molar-refractivity contribution in [2.75, 3.05) is 5.32 Å². The van der Waals surface area contributed by atoms with E-state index in [-0.39, 0.29) is 11.8 Å². The van der Waals surface area contributed by atoms with E-state index in [0.717, 1.165) is 53.2 Å². The summed E-state index contributed by atoms with van der Waals surface area (Å²) in [4.78, 5) is 21.5. The summed E-state index contributed by atoms with van der Waals surface area (Å²) in [6.07, 6.45) is 7.48. The number of hydrogen-bond donors (Lipinski definition) is 1. The van der Waals surface area contributed by atoms with Gasteiger partial charge in [0.1, 0.15) is 5.01 Å². The fraction of sp³-hybridized carbons (Fsp3) is 0.318. The molecule has 0 bridgehead atoms. The van der Waals surface area contributed by atoms with E-state index in [1.54, 1.807) is 17.5 Å². The molecule has 5 heteroatoms. The fourth-order valence-corrected chi connectivity index (χ4v) is 3.95. The van der Waals surface area contributed by atoms with Gasteiger partial charge < -0.3 is 5.32 Å². The number of pyridine rings is 1. The number of carbonyl (C=O) groups is 1. The molecule has 1 amide bonds. The molecular formula is C22H25N3OS. The van der Waals surface area contributed by atoms with Gasteiger partial charge in [0.15, 0.2) is 0 Å². The Hall–Kier alpha value is -2.53. The standard InChI is InChI=1S/C22H25N3OS/c1-3-7-16(8-4-2)21(26)24-19-11-5-9-17(13-19)20-15-27-22(25-20)18-10-6-12-23-14-18/h5-6,9-16H,3-4,7-8H2,1-2H3,(H,24,26). The van der Waals surface area contributed by atoms with E-state index in [4.69, 9.17) is 4.98 Å². The topological polar surface area (TPSA) is 54.9 Å². The normalized spacial score (nSPS) is 10.9. The van der Waals surface area contributed by atoms with Crippen molar-refractivity contribution >= 4 is 22.9 Å². The van der Waals surface area contributed by atoms with E-state index in [0.29, 0.717) is 0 Å². The molecule has 3 rings (SSSR count). The third-order valence-electron chi connectivity index (χ3n) is 4.48. The van der Waals surface area contributed by atoms with Crippen molar-refractivity contribution in [3.63, 3.8) is 0 Å². The summed E-state index contributed by atoms with van der Waals surface area (Å²) < 4.78 is 0. The summed E-state index contributed by atoms with van der Waals surface area (Å²) in [5.74, 6) is 0.199. The number of amides is 1. The highest BCUT2D eigenvalue weighted by molar-refractivity contribution is 7.13. The van der Waals surface area contributed by atoms with Crippen LogP contribution in [-0.2, 0) is 4.79 Å². The molecule has 2 heterocycles. The van der Waals surface area contributed by atoms with Crippen molar-refractivity contribution in [3.05, 3.63) is 54.2 Å². The van der Waals surface area contributed by atoms with Crippen LogP contribution in [0.4, 0.5) is 5.69 Å². The van der Waals surface area contributed by atoms with E-state index in [1.165, 1.54) is 0 Å². The molecular weight excluding hydrogens is 354 g/mol. The van der Waals surface area contributed by atoms with Gasteiger partial charge in [-0.15, -0.1) is 11.3 Å². The van der Waals surface area contributed by atoms with Gasteiger partial charge in [0.25, 0.3) is 0 Å². The second-order valence-electron chi connectivity index (χ2n) is 6.62. The van der Waals surface area contributed by atoms with Crippen LogP contribution in [0.5, 0.6) is 0 Å². The highest BCUT2D eigenvalue weighted by atomic mass is 32.1. The third kappa shape index (κ3) is 5.01. The number of hydrogen-bond acceptors (Lipinski definition) is 4. The van der Waals surface area contributed by atoms with Gasteiger partial charge in [0.2, 0.25) is 5.91 Å². The summed E-state index contributed by atoms with van der Waals surface area (Å²) in [6, 6.07) is 11.8.